The molecule has 0 spiro atoms. The maximum atomic E-state index is 4.36. The van der Waals surface area contributed by atoms with Crippen LogP contribution in [0, 0.1) is 0 Å². The van der Waals surface area contributed by atoms with E-state index in [-0.39, 0.29) is 0 Å². The van der Waals surface area contributed by atoms with Gasteiger partial charge in [-0.15, -0.1) is 0 Å². The van der Waals surface area contributed by atoms with E-state index in [0.717, 1.165) is 28.7 Å². The number of nitrogens with one attached hydrogen (secondary N) is 1. The zero-order valence-corrected chi connectivity index (χ0v) is 10.3. The molecule has 4 heteroatoms. The lowest BCUT2D eigenvalue weighted by Crippen LogP contribution is -1.90. The molecule has 0 atom stereocenters. The summed E-state index contributed by atoms with van der Waals surface area (Å²) >= 11 is 3.40. The minimum atomic E-state index is 0.776. The van der Waals surface area contributed by atoms with Gasteiger partial charge in [0.15, 0.2) is 0 Å². The lowest BCUT2D eigenvalue weighted by molar-refractivity contribution is 0.939. The van der Waals surface area contributed by atoms with Gasteiger partial charge in [0.05, 0.1) is 6.33 Å². The molecule has 0 aliphatic rings. The number of aliphatic imine (C=N–C) groups is 1. The summed E-state index contributed by atoms with van der Waals surface area (Å²) in [6.07, 6.45) is 6.30. The Balaban J connectivity index is 1.83. The summed E-state index contributed by atoms with van der Waals surface area (Å²) in [7, 11) is 0. The Labute approximate surface area is 103 Å². The SMILES string of the molecule is Brc1ccc(C=NCCc2cnc[nH]2)cc1. The minimum Gasteiger partial charge on any atom is -0.348 e. The van der Waals surface area contributed by atoms with Crippen molar-refractivity contribution in [3.63, 3.8) is 0 Å². The van der Waals surface area contributed by atoms with Crippen LogP contribution in [0.5, 0.6) is 0 Å². The number of halogens is 1. The zero-order chi connectivity index (χ0) is 11.2. The fourth-order valence-electron chi connectivity index (χ4n) is 1.33. The average molecular weight is 278 g/mol. The van der Waals surface area contributed by atoms with Crippen LogP contribution in [0.3, 0.4) is 0 Å². The molecule has 0 radical (unpaired) electrons. The van der Waals surface area contributed by atoms with Gasteiger partial charge in [0, 0.05) is 35.5 Å². The van der Waals surface area contributed by atoms with Crippen LogP contribution in [0.1, 0.15) is 11.3 Å². The zero-order valence-electron chi connectivity index (χ0n) is 8.73. The van der Waals surface area contributed by atoms with Gasteiger partial charge in [-0.05, 0) is 17.7 Å². The van der Waals surface area contributed by atoms with Crippen molar-refractivity contribution in [1.29, 1.82) is 0 Å². The van der Waals surface area contributed by atoms with Crippen molar-refractivity contribution >= 4 is 22.1 Å². The molecule has 82 valence electrons. The van der Waals surface area contributed by atoms with Crippen LogP contribution in [0.4, 0.5) is 0 Å². The average Bonchev–Trinajstić information content (AvgIpc) is 2.80. The third-order valence-corrected chi connectivity index (χ3v) is 2.70. The number of benzene rings is 1. The summed E-state index contributed by atoms with van der Waals surface area (Å²) in [5, 5.41) is 0. The summed E-state index contributed by atoms with van der Waals surface area (Å²) in [5.74, 6) is 0. The van der Waals surface area contributed by atoms with E-state index in [0.29, 0.717) is 0 Å². The topological polar surface area (TPSA) is 41.0 Å². The van der Waals surface area contributed by atoms with Gasteiger partial charge in [0.25, 0.3) is 0 Å². The van der Waals surface area contributed by atoms with Crippen LogP contribution < -0.4 is 0 Å². The number of hydrogen-bond acceptors (Lipinski definition) is 2. The Bertz CT molecular complexity index is 446. The highest BCUT2D eigenvalue weighted by molar-refractivity contribution is 9.10. The Hall–Kier alpha value is -1.42. The van der Waals surface area contributed by atoms with Crippen molar-refractivity contribution in [3.05, 3.63) is 52.5 Å². The molecular weight excluding hydrogens is 266 g/mol. The quantitative estimate of drug-likeness (QED) is 0.858. The van der Waals surface area contributed by atoms with E-state index in [1.54, 1.807) is 6.33 Å². The second-order valence-electron chi connectivity index (χ2n) is 3.41. The molecule has 0 unspecified atom stereocenters. The molecule has 16 heavy (non-hydrogen) atoms. The van der Waals surface area contributed by atoms with Crippen molar-refractivity contribution in [2.24, 2.45) is 4.99 Å². The minimum absolute atomic E-state index is 0.776. The monoisotopic (exact) mass is 277 g/mol. The Morgan fingerprint density at radius 2 is 2.12 bits per heavy atom. The van der Waals surface area contributed by atoms with E-state index in [4.69, 9.17) is 0 Å². The smallest absolute Gasteiger partial charge is 0.0921 e. The maximum Gasteiger partial charge on any atom is 0.0921 e. The summed E-state index contributed by atoms with van der Waals surface area (Å²) < 4.78 is 1.09. The molecular formula is C12H12BrN3. The van der Waals surface area contributed by atoms with Crippen LogP contribution in [0.15, 0.2) is 46.3 Å². The molecule has 0 bridgehead atoms. The van der Waals surface area contributed by atoms with E-state index in [9.17, 15) is 0 Å². The first-order valence-corrected chi connectivity index (χ1v) is 5.86. The predicted octanol–water partition coefficient (Wildman–Crippen LogP) is 2.83. The van der Waals surface area contributed by atoms with Gasteiger partial charge in [0.2, 0.25) is 0 Å². The fraction of sp³-hybridized carbons (Fsp3) is 0.167. The first-order chi connectivity index (χ1) is 7.84. The van der Waals surface area contributed by atoms with E-state index >= 15 is 0 Å². The second kappa shape index (κ2) is 5.61. The number of rotatable bonds is 4. The number of aromatic amines is 1. The van der Waals surface area contributed by atoms with Gasteiger partial charge < -0.3 is 4.98 Å². The second-order valence-corrected chi connectivity index (χ2v) is 4.33. The summed E-state index contributed by atoms with van der Waals surface area (Å²) in [5.41, 5.74) is 2.24. The van der Waals surface area contributed by atoms with Gasteiger partial charge in [0.1, 0.15) is 0 Å². The molecule has 2 rings (SSSR count). The number of aromatic nitrogens is 2. The Kier molecular flexibility index (Phi) is 3.88. The molecule has 0 amide bonds. The van der Waals surface area contributed by atoms with Crippen LogP contribution >= 0.6 is 15.9 Å². The van der Waals surface area contributed by atoms with E-state index in [1.807, 2.05) is 36.7 Å². The first kappa shape index (κ1) is 11.1. The van der Waals surface area contributed by atoms with Crippen LogP contribution in [-0.2, 0) is 6.42 Å². The lowest BCUT2D eigenvalue weighted by Gasteiger charge is -1.94. The summed E-state index contributed by atoms with van der Waals surface area (Å²) in [4.78, 5) is 11.4. The van der Waals surface area contributed by atoms with Crippen LogP contribution in [0.2, 0.25) is 0 Å². The largest absolute Gasteiger partial charge is 0.348 e. The standard InChI is InChI=1S/C12H12BrN3/c13-11-3-1-10(2-4-11)7-14-6-5-12-8-15-9-16-12/h1-4,7-9H,5-6H2,(H,15,16). The lowest BCUT2D eigenvalue weighted by atomic mass is 10.2. The molecule has 2 aromatic rings. The van der Waals surface area contributed by atoms with Crippen LogP contribution in [0.25, 0.3) is 0 Å². The Morgan fingerprint density at radius 1 is 1.31 bits per heavy atom. The van der Waals surface area contributed by atoms with Crippen molar-refractivity contribution in [2.45, 2.75) is 6.42 Å². The predicted molar refractivity (Wildman–Crippen MR) is 68.9 cm³/mol. The summed E-state index contributed by atoms with van der Waals surface area (Å²) in [6, 6.07) is 8.08. The normalized spacial score (nSPS) is 11.1. The van der Waals surface area contributed by atoms with E-state index in [2.05, 4.69) is 30.9 Å². The third kappa shape index (κ3) is 3.31. The van der Waals surface area contributed by atoms with Crippen molar-refractivity contribution in [2.75, 3.05) is 6.54 Å². The third-order valence-electron chi connectivity index (χ3n) is 2.18. The Morgan fingerprint density at radius 3 is 2.81 bits per heavy atom. The molecule has 0 aliphatic heterocycles. The molecule has 0 saturated heterocycles. The van der Waals surface area contributed by atoms with Gasteiger partial charge in [-0.25, -0.2) is 4.98 Å². The van der Waals surface area contributed by atoms with Crippen molar-refractivity contribution in [3.8, 4) is 0 Å². The van der Waals surface area contributed by atoms with Crippen molar-refractivity contribution < 1.29 is 0 Å². The van der Waals surface area contributed by atoms with Crippen LogP contribution in [-0.4, -0.2) is 22.7 Å². The molecule has 1 aromatic carbocycles. The van der Waals surface area contributed by atoms with Gasteiger partial charge in [-0.3, -0.25) is 4.99 Å². The highest BCUT2D eigenvalue weighted by Crippen LogP contribution is 2.09. The number of H-pyrrole nitrogens is 1. The molecule has 1 aromatic heterocycles. The highest BCUT2D eigenvalue weighted by Gasteiger charge is 1.91. The summed E-state index contributed by atoms with van der Waals surface area (Å²) in [6.45, 7) is 0.776. The maximum absolute atomic E-state index is 4.36. The van der Waals surface area contributed by atoms with Gasteiger partial charge in [-0.1, -0.05) is 28.1 Å². The molecule has 0 aliphatic carbocycles. The molecule has 3 nitrogen and oxygen atoms in total. The first-order valence-electron chi connectivity index (χ1n) is 5.07. The van der Waals surface area contributed by atoms with Gasteiger partial charge in [-0.2, -0.15) is 0 Å². The number of imidazole rings is 1. The van der Waals surface area contributed by atoms with E-state index < -0.39 is 0 Å². The van der Waals surface area contributed by atoms with E-state index in [1.165, 1.54) is 0 Å². The fourth-order valence-corrected chi connectivity index (χ4v) is 1.59. The number of nitrogens with zero attached hydrogens (tertiary/aromatic N) is 2. The van der Waals surface area contributed by atoms with Gasteiger partial charge >= 0.3 is 0 Å². The number of hydrogen-bond donors (Lipinski definition) is 1. The molecule has 1 heterocycles. The molecule has 1 N–H and O–H groups in total. The van der Waals surface area contributed by atoms with Crippen molar-refractivity contribution in [1.82, 2.24) is 9.97 Å². The molecule has 0 saturated carbocycles. The highest BCUT2D eigenvalue weighted by atomic mass is 79.9. The molecule has 0 fully saturated rings.